The van der Waals surface area contributed by atoms with E-state index in [1.165, 1.54) is 31.3 Å². The van der Waals surface area contributed by atoms with E-state index in [9.17, 15) is 9.90 Å². The van der Waals surface area contributed by atoms with Crippen LogP contribution in [0.15, 0.2) is 11.6 Å². The molecule has 0 aromatic heterocycles. The highest BCUT2D eigenvalue weighted by Gasteiger charge is 2.58. The van der Waals surface area contributed by atoms with Gasteiger partial charge in [-0.25, -0.2) is 0 Å². The van der Waals surface area contributed by atoms with Crippen molar-refractivity contribution in [3.05, 3.63) is 11.6 Å². The molecule has 0 aromatic rings. The predicted octanol–water partition coefficient (Wildman–Crippen LogP) is 3.88. The summed E-state index contributed by atoms with van der Waals surface area (Å²) in [7, 11) is 0. The number of aliphatic hydroxyl groups excluding tert-OH is 1. The molecule has 21 heavy (non-hydrogen) atoms. The van der Waals surface area contributed by atoms with Gasteiger partial charge in [0.1, 0.15) is 0 Å². The van der Waals surface area contributed by atoms with Crippen LogP contribution in [0.2, 0.25) is 0 Å². The zero-order valence-electron chi connectivity index (χ0n) is 13.4. The van der Waals surface area contributed by atoms with Crippen LogP contribution in [0.3, 0.4) is 0 Å². The summed E-state index contributed by atoms with van der Waals surface area (Å²) in [5, 5.41) is 10.4. The van der Waals surface area contributed by atoms with Crippen LogP contribution in [0.1, 0.15) is 65.2 Å². The van der Waals surface area contributed by atoms with Crippen molar-refractivity contribution < 1.29 is 9.90 Å². The van der Waals surface area contributed by atoms with Gasteiger partial charge in [0.2, 0.25) is 0 Å². The van der Waals surface area contributed by atoms with Crippen LogP contribution >= 0.6 is 0 Å². The number of aliphatic hydroxyl groups is 1. The van der Waals surface area contributed by atoms with Crippen molar-refractivity contribution >= 4 is 5.78 Å². The molecule has 3 saturated carbocycles. The third kappa shape index (κ3) is 1.78. The van der Waals surface area contributed by atoms with Gasteiger partial charge in [0.15, 0.2) is 5.78 Å². The topological polar surface area (TPSA) is 37.3 Å². The molecule has 0 aliphatic heterocycles. The minimum Gasteiger partial charge on any atom is -0.393 e. The lowest BCUT2D eigenvalue weighted by atomic mass is 9.47. The Hall–Kier alpha value is -0.630. The van der Waals surface area contributed by atoms with Gasteiger partial charge in [-0.2, -0.15) is 0 Å². The molecule has 0 heterocycles. The van der Waals surface area contributed by atoms with E-state index >= 15 is 0 Å². The summed E-state index contributed by atoms with van der Waals surface area (Å²) in [4.78, 5) is 11.8. The lowest BCUT2D eigenvalue weighted by Crippen LogP contribution is -2.51. The maximum Gasteiger partial charge on any atom is 0.155 e. The van der Waals surface area contributed by atoms with E-state index in [4.69, 9.17) is 0 Å². The number of ketones is 1. The first-order valence-electron chi connectivity index (χ1n) is 8.87. The molecular formula is C19H28O2. The van der Waals surface area contributed by atoms with E-state index < -0.39 is 0 Å². The Kier molecular flexibility index (Phi) is 2.96. The number of allylic oxidation sites excluding steroid dienone is 1. The SMILES string of the molecule is C[C@]12CC[C@H]3[C@@H](CCC4=CC(=O)CC[C@]43C)[C@H]1CC[C@@H]2O. The summed E-state index contributed by atoms with van der Waals surface area (Å²) in [5.41, 5.74) is 1.89. The minimum atomic E-state index is -0.0823. The Labute approximate surface area is 128 Å². The minimum absolute atomic E-state index is 0.0823. The fraction of sp³-hybridized carbons (Fsp3) is 0.842. The molecule has 1 N–H and O–H groups in total. The average Bonchev–Trinajstić information content (AvgIpc) is 2.76. The first-order valence-corrected chi connectivity index (χ1v) is 8.87. The molecule has 0 saturated heterocycles. The largest absolute Gasteiger partial charge is 0.393 e. The standard InChI is InChI=1S/C19H28O2/c1-18-9-7-13(20)11-12(18)3-4-14-15-5-6-17(21)19(15,2)10-8-16(14)18/h11,14-17,21H,3-10H2,1-2H3/t14-,15+,16-,17-,18+,19-/m0/s1. The maximum atomic E-state index is 11.8. The molecule has 0 bridgehead atoms. The third-order valence-electron chi connectivity index (χ3n) is 7.91. The van der Waals surface area contributed by atoms with Crippen LogP contribution in [0.25, 0.3) is 0 Å². The molecule has 116 valence electrons. The number of hydrogen-bond acceptors (Lipinski definition) is 2. The van der Waals surface area contributed by atoms with Gasteiger partial charge in [0, 0.05) is 6.42 Å². The van der Waals surface area contributed by atoms with Gasteiger partial charge in [-0.1, -0.05) is 19.4 Å². The van der Waals surface area contributed by atoms with Crippen LogP contribution in [0, 0.1) is 28.6 Å². The Morgan fingerprint density at radius 1 is 1.05 bits per heavy atom. The second-order valence-corrected chi connectivity index (χ2v) is 8.61. The molecule has 2 heteroatoms. The number of hydrogen-bond donors (Lipinski definition) is 1. The fourth-order valence-corrected chi connectivity index (χ4v) is 6.53. The maximum absolute atomic E-state index is 11.8. The molecule has 4 aliphatic rings. The summed E-state index contributed by atoms with van der Waals surface area (Å²) < 4.78 is 0. The molecule has 6 atom stereocenters. The van der Waals surface area contributed by atoms with Crippen LogP contribution in [-0.2, 0) is 4.79 Å². The Morgan fingerprint density at radius 2 is 1.86 bits per heavy atom. The van der Waals surface area contributed by atoms with Crippen molar-refractivity contribution in [1.82, 2.24) is 0 Å². The molecule has 0 amide bonds. The lowest BCUT2D eigenvalue weighted by molar-refractivity contribution is -0.118. The highest BCUT2D eigenvalue weighted by atomic mass is 16.3. The van der Waals surface area contributed by atoms with Gasteiger partial charge in [0.05, 0.1) is 6.10 Å². The van der Waals surface area contributed by atoms with Gasteiger partial charge in [-0.3, -0.25) is 4.79 Å². The second kappa shape index (κ2) is 4.44. The number of carbonyl (C=O) groups is 1. The molecule has 0 radical (unpaired) electrons. The van der Waals surface area contributed by atoms with Crippen molar-refractivity contribution in [2.24, 2.45) is 28.6 Å². The van der Waals surface area contributed by atoms with E-state index in [1.807, 2.05) is 6.08 Å². The van der Waals surface area contributed by atoms with Crippen LogP contribution < -0.4 is 0 Å². The second-order valence-electron chi connectivity index (χ2n) is 8.61. The van der Waals surface area contributed by atoms with E-state index in [1.54, 1.807) is 0 Å². The summed E-state index contributed by atoms with van der Waals surface area (Å²) in [6.07, 6.45) is 10.7. The monoisotopic (exact) mass is 288 g/mol. The molecule has 4 aliphatic carbocycles. The number of fused-ring (bicyclic) bond motifs is 5. The fourth-order valence-electron chi connectivity index (χ4n) is 6.53. The highest BCUT2D eigenvalue weighted by molar-refractivity contribution is 5.91. The molecule has 0 aromatic carbocycles. The first-order chi connectivity index (χ1) is 9.95. The number of carbonyl (C=O) groups excluding carboxylic acids is 1. The van der Waals surface area contributed by atoms with Gasteiger partial charge >= 0.3 is 0 Å². The van der Waals surface area contributed by atoms with Gasteiger partial charge in [0.25, 0.3) is 0 Å². The van der Waals surface area contributed by atoms with E-state index in [2.05, 4.69) is 13.8 Å². The Bertz CT molecular complexity index is 508. The van der Waals surface area contributed by atoms with Crippen molar-refractivity contribution in [2.75, 3.05) is 0 Å². The van der Waals surface area contributed by atoms with Crippen LogP contribution in [-0.4, -0.2) is 17.0 Å². The Morgan fingerprint density at radius 3 is 2.67 bits per heavy atom. The van der Waals surface area contributed by atoms with Gasteiger partial charge in [-0.05, 0) is 79.6 Å². The summed E-state index contributed by atoms with van der Waals surface area (Å²) in [5.74, 6) is 2.57. The van der Waals surface area contributed by atoms with Crippen molar-refractivity contribution in [3.63, 3.8) is 0 Å². The molecule has 0 spiro atoms. The van der Waals surface area contributed by atoms with Crippen molar-refractivity contribution in [2.45, 2.75) is 71.3 Å². The first kappa shape index (κ1) is 14.0. The van der Waals surface area contributed by atoms with E-state index in [-0.39, 0.29) is 16.9 Å². The molecule has 3 fully saturated rings. The summed E-state index contributed by atoms with van der Waals surface area (Å²) in [6.45, 7) is 4.76. The van der Waals surface area contributed by atoms with Crippen molar-refractivity contribution in [3.8, 4) is 0 Å². The Balaban J connectivity index is 1.69. The van der Waals surface area contributed by atoms with Gasteiger partial charge in [-0.15, -0.1) is 0 Å². The van der Waals surface area contributed by atoms with Crippen LogP contribution in [0.5, 0.6) is 0 Å². The van der Waals surface area contributed by atoms with Crippen LogP contribution in [0.4, 0.5) is 0 Å². The molecule has 0 unspecified atom stereocenters. The zero-order chi connectivity index (χ0) is 14.8. The molecule has 4 rings (SSSR count). The quantitative estimate of drug-likeness (QED) is 0.734. The van der Waals surface area contributed by atoms with Crippen molar-refractivity contribution in [1.29, 1.82) is 0 Å². The molecular weight excluding hydrogens is 260 g/mol. The zero-order valence-corrected chi connectivity index (χ0v) is 13.4. The molecule has 2 nitrogen and oxygen atoms in total. The normalized spacial score (nSPS) is 52.7. The summed E-state index contributed by atoms with van der Waals surface area (Å²) in [6, 6.07) is 0. The summed E-state index contributed by atoms with van der Waals surface area (Å²) >= 11 is 0. The smallest absolute Gasteiger partial charge is 0.155 e. The van der Waals surface area contributed by atoms with E-state index in [0.717, 1.165) is 37.5 Å². The lowest BCUT2D eigenvalue weighted by Gasteiger charge is -2.57. The van der Waals surface area contributed by atoms with E-state index in [0.29, 0.717) is 11.7 Å². The highest BCUT2D eigenvalue weighted by Crippen LogP contribution is 2.65. The average molecular weight is 288 g/mol. The predicted molar refractivity (Wildman–Crippen MR) is 82.7 cm³/mol. The third-order valence-corrected chi connectivity index (χ3v) is 7.91. The van der Waals surface area contributed by atoms with Gasteiger partial charge < -0.3 is 5.11 Å². The number of rotatable bonds is 0.